The van der Waals surface area contributed by atoms with Gasteiger partial charge in [0.25, 0.3) is 5.91 Å². The lowest BCUT2D eigenvalue weighted by atomic mass is 9.90. The van der Waals surface area contributed by atoms with Crippen LogP contribution in [0.25, 0.3) is 0 Å². The number of nitrogens with zero attached hydrogens (tertiary/aromatic N) is 2. The molecule has 0 bridgehead atoms. The van der Waals surface area contributed by atoms with Gasteiger partial charge in [0.05, 0.1) is 5.92 Å². The lowest BCUT2D eigenvalue weighted by Crippen LogP contribution is -2.21. The predicted octanol–water partition coefficient (Wildman–Crippen LogP) is 3.36. The lowest BCUT2D eigenvalue weighted by molar-refractivity contribution is 0.0877. The maximum Gasteiger partial charge on any atom is 0.258 e. The summed E-state index contributed by atoms with van der Waals surface area (Å²) in [6.07, 6.45) is 3.30. The van der Waals surface area contributed by atoms with Gasteiger partial charge in [-0.3, -0.25) is 4.79 Å². The number of hydrogen-bond acceptors (Lipinski definition) is 2. The highest BCUT2D eigenvalue weighted by Crippen LogP contribution is 2.26. The van der Waals surface area contributed by atoms with Crippen LogP contribution in [-0.2, 0) is 0 Å². The molecule has 3 heteroatoms. The zero-order valence-electron chi connectivity index (χ0n) is 10.9. The van der Waals surface area contributed by atoms with Crippen molar-refractivity contribution < 1.29 is 4.79 Å². The number of rotatable bonds is 3. The van der Waals surface area contributed by atoms with Gasteiger partial charge in [-0.1, -0.05) is 60.7 Å². The monoisotopic (exact) mass is 262 g/mol. The van der Waals surface area contributed by atoms with Gasteiger partial charge in [0.15, 0.2) is 0 Å². The van der Waals surface area contributed by atoms with Gasteiger partial charge in [0.1, 0.15) is 0 Å². The fourth-order valence-electron chi connectivity index (χ4n) is 2.30. The Morgan fingerprint density at radius 3 is 1.85 bits per heavy atom. The fourth-order valence-corrected chi connectivity index (χ4v) is 2.30. The number of carbonyl (C=O) groups is 1. The number of aromatic nitrogens is 2. The summed E-state index contributed by atoms with van der Waals surface area (Å²) in [5.74, 6) is -0.385. The normalized spacial score (nSPS) is 10.7. The van der Waals surface area contributed by atoms with Crippen LogP contribution in [0.3, 0.4) is 0 Å². The van der Waals surface area contributed by atoms with Crippen molar-refractivity contribution in [2.45, 2.75) is 5.92 Å². The first-order valence-corrected chi connectivity index (χ1v) is 6.50. The average molecular weight is 262 g/mol. The van der Waals surface area contributed by atoms with E-state index in [4.69, 9.17) is 0 Å². The Kier molecular flexibility index (Phi) is 3.42. The van der Waals surface area contributed by atoms with Crippen LogP contribution in [0.15, 0.2) is 79.1 Å². The van der Waals surface area contributed by atoms with Crippen molar-refractivity contribution in [1.29, 1.82) is 0 Å². The Bertz CT molecular complexity index is 636. The molecule has 98 valence electrons. The molecule has 0 aliphatic heterocycles. The molecule has 0 aliphatic carbocycles. The van der Waals surface area contributed by atoms with Crippen molar-refractivity contribution in [3.63, 3.8) is 0 Å². The van der Waals surface area contributed by atoms with E-state index in [1.165, 1.54) is 4.68 Å². The third kappa shape index (κ3) is 2.38. The van der Waals surface area contributed by atoms with E-state index in [1.807, 2.05) is 60.7 Å². The van der Waals surface area contributed by atoms with Gasteiger partial charge in [0, 0.05) is 12.4 Å². The highest BCUT2D eigenvalue weighted by molar-refractivity contribution is 5.88. The van der Waals surface area contributed by atoms with Crippen LogP contribution in [0.5, 0.6) is 0 Å². The van der Waals surface area contributed by atoms with Crippen molar-refractivity contribution in [3.8, 4) is 0 Å². The van der Waals surface area contributed by atoms with Gasteiger partial charge < -0.3 is 0 Å². The second-order valence-electron chi connectivity index (χ2n) is 4.54. The quantitative estimate of drug-likeness (QED) is 0.725. The molecule has 3 nitrogen and oxygen atoms in total. The Morgan fingerprint density at radius 2 is 1.40 bits per heavy atom. The van der Waals surface area contributed by atoms with Crippen LogP contribution in [0, 0.1) is 0 Å². The summed E-state index contributed by atoms with van der Waals surface area (Å²) in [6.45, 7) is 0. The summed E-state index contributed by atoms with van der Waals surface area (Å²) in [6, 6.07) is 21.3. The van der Waals surface area contributed by atoms with Crippen LogP contribution >= 0.6 is 0 Å². The zero-order chi connectivity index (χ0) is 13.8. The summed E-state index contributed by atoms with van der Waals surface area (Å²) in [5, 5.41) is 4.06. The van der Waals surface area contributed by atoms with Crippen LogP contribution in [0.4, 0.5) is 0 Å². The van der Waals surface area contributed by atoms with E-state index < -0.39 is 0 Å². The Labute approximate surface area is 117 Å². The highest BCUT2D eigenvalue weighted by atomic mass is 16.2. The Hall–Kier alpha value is -2.68. The van der Waals surface area contributed by atoms with Gasteiger partial charge in [0.2, 0.25) is 0 Å². The maximum atomic E-state index is 12.7. The molecular formula is C17H14N2O. The molecule has 0 saturated carbocycles. The molecule has 1 heterocycles. The number of benzene rings is 2. The summed E-state index contributed by atoms with van der Waals surface area (Å²) in [5.41, 5.74) is 1.94. The fraction of sp³-hybridized carbons (Fsp3) is 0.0588. The third-order valence-corrected chi connectivity index (χ3v) is 3.24. The minimum absolute atomic E-state index is 0.0487. The maximum absolute atomic E-state index is 12.7. The molecule has 0 aliphatic rings. The van der Waals surface area contributed by atoms with E-state index in [0.29, 0.717) is 0 Å². The van der Waals surface area contributed by atoms with Crippen LogP contribution < -0.4 is 0 Å². The van der Waals surface area contributed by atoms with Gasteiger partial charge in [-0.25, -0.2) is 4.68 Å². The summed E-state index contributed by atoms with van der Waals surface area (Å²) >= 11 is 0. The molecule has 3 rings (SSSR count). The van der Waals surface area contributed by atoms with E-state index in [0.717, 1.165) is 11.1 Å². The molecule has 0 spiro atoms. The predicted molar refractivity (Wildman–Crippen MR) is 77.6 cm³/mol. The van der Waals surface area contributed by atoms with Gasteiger partial charge in [-0.2, -0.15) is 5.10 Å². The van der Waals surface area contributed by atoms with Crippen molar-refractivity contribution in [1.82, 2.24) is 9.78 Å². The first-order chi connectivity index (χ1) is 9.86. The second kappa shape index (κ2) is 5.53. The van der Waals surface area contributed by atoms with Crippen molar-refractivity contribution >= 4 is 5.91 Å². The standard InChI is InChI=1S/C17H14N2O/c20-17(19-13-7-12-18-19)16(14-8-3-1-4-9-14)15-10-5-2-6-11-15/h1-13,16H. The molecule has 0 amide bonds. The lowest BCUT2D eigenvalue weighted by Gasteiger charge is -2.16. The molecule has 0 unspecified atom stereocenters. The van der Waals surface area contributed by atoms with E-state index in [2.05, 4.69) is 5.10 Å². The smallest absolute Gasteiger partial charge is 0.258 e. The molecule has 20 heavy (non-hydrogen) atoms. The Balaban J connectivity index is 2.07. The molecule has 0 N–H and O–H groups in total. The molecule has 0 radical (unpaired) electrons. The summed E-state index contributed by atoms with van der Waals surface area (Å²) in [4.78, 5) is 12.7. The Morgan fingerprint density at radius 1 is 0.850 bits per heavy atom. The van der Waals surface area contributed by atoms with E-state index in [9.17, 15) is 4.79 Å². The average Bonchev–Trinajstić information content (AvgIpc) is 3.04. The summed E-state index contributed by atoms with van der Waals surface area (Å²) in [7, 11) is 0. The second-order valence-corrected chi connectivity index (χ2v) is 4.54. The molecule has 2 aromatic carbocycles. The van der Waals surface area contributed by atoms with E-state index in [1.54, 1.807) is 18.5 Å². The largest absolute Gasteiger partial charge is 0.271 e. The first kappa shape index (κ1) is 12.4. The molecule has 3 aromatic rings. The molecule has 1 aromatic heterocycles. The van der Waals surface area contributed by atoms with Crippen LogP contribution in [-0.4, -0.2) is 15.7 Å². The molecule has 0 saturated heterocycles. The molecular weight excluding hydrogens is 248 g/mol. The minimum atomic E-state index is -0.336. The summed E-state index contributed by atoms with van der Waals surface area (Å²) < 4.78 is 1.39. The molecule has 0 fully saturated rings. The highest BCUT2D eigenvalue weighted by Gasteiger charge is 2.24. The van der Waals surface area contributed by atoms with Crippen molar-refractivity contribution in [2.24, 2.45) is 0 Å². The number of carbonyl (C=O) groups excluding carboxylic acids is 1. The topological polar surface area (TPSA) is 34.9 Å². The molecule has 0 atom stereocenters. The first-order valence-electron chi connectivity index (χ1n) is 6.50. The SMILES string of the molecule is O=C(C(c1ccccc1)c1ccccc1)n1cccn1. The number of hydrogen-bond donors (Lipinski definition) is 0. The van der Waals surface area contributed by atoms with Crippen LogP contribution in [0.1, 0.15) is 21.8 Å². The van der Waals surface area contributed by atoms with E-state index in [-0.39, 0.29) is 11.8 Å². The van der Waals surface area contributed by atoms with E-state index >= 15 is 0 Å². The van der Waals surface area contributed by atoms with Gasteiger partial charge in [-0.05, 0) is 17.2 Å². The zero-order valence-corrected chi connectivity index (χ0v) is 10.9. The minimum Gasteiger partial charge on any atom is -0.271 e. The van der Waals surface area contributed by atoms with Gasteiger partial charge >= 0.3 is 0 Å². The van der Waals surface area contributed by atoms with Crippen molar-refractivity contribution in [3.05, 3.63) is 90.3 Å². The van der Waals surface area contributed by atoms with Gasteiger partial charge in [-0.15, -0.1) is 0 Å². The van der Waals surface area contributed by atoms with Crippen LogP contribution in [0.2, 0.25) is 0 Å². The third-order valence-electron chi connectivity index (χ3n) is 3.24. The van der Waals surface area contributed by atoms with Crippen molar-refractivity contribution in [2.75, 3.05) is 0 Å².